The third kappa shape index (κ3) is 8.88. The third-order valence-corrected chi connectivity index (χ3v) is 9.40. The Morgan fingerprint density at radius 2 is 1.74 bits per heavy atom. The van der Waals surface area contributed by atoms with Crippen molar-refractivity contribution in [3.8, 4) is 11.5 Å². The summed E-state index contributed by atoms with van der Waals surface area (Å²) in [4.78, 5) is 30.7. The van der Waals surface area contributed by atoms with Gasteiger partial charge >= 0.3 is 11.9 Å². The van der Waals surface area contributed by atoms with Crippen LogP contribution in [0.25, 0.3) is 21.0 Å². The molecule has 0 radical (unpaired) electrons. The number of carboxylic acid groups (broad SMARTS) is 1. The highest BCUT2D eigenvalue weighted by atomic mass is 32.1. The first-order valence-corrected chi connectivity index (χ1v) is 17.5. The van der Waals surface area contributed by atoms with Crippen molar-refractivity contribution in [2.75, 3.05) is 30.9 Å². The van der Waals surface area contributed by atoms with Gasteiger partial charge in [-0.1, -0.05) is 12.1 Å². The molecule has 4 heterocycles. The molecule has 0 spiro atoms. The lowest BCUT2D eigenvalue weighted by Gasteiger charge is -2.12. The van der Waals surface area contributed by atoms with Crippen LogP contribution in [0.5, 0.6) is 11.5 Å². The quantitative estimate of drug-likeness (QED) is 0.0981. The van der Waals surface area contributed by atoms with Crippen molar-refractivity contribution in [2.45, 2.75) is 45.2 Å². The molecule has 0 unspecified atom stereocenters. The molecule has 6 aromatic rings. The van der Waals surface area contributed by atoms with Crippen LogP contribution in [-0.4, -0.2) is 52.0 Å². The zero-order chi connectivity index (χ0) is 34.9. The molecule has 0 bridgehead atoms. The van der Waals surface area contributed by atoms with Gasteiger partial charge in [0.25, 0.3) is 5.82 Å². The van der Waals surface area contributed by atoms with Gasteiger partial charge in [0.2, 0.25) is 0 Å². The molecular formula is C38H41N5O6S+2. The van der Waals surface area contributed by atoms with Crippen LogP contribution < -0.4 is 25.1 Å². The number of carbonyl (C=O) groups is 2. The average molecular weight is 696 g/mol. The smallest absolute Gasteiger partial charge is 0.517 e. The normalized spacial score (nSPS) is 11.1. The summed E-state index contributed by atoms with van der Waals surface area (Å²) in [6.07, 6.45) is 2.11. The first kappa shape index (κ1) is 34.3. The highest BCUT2D eigenvalue weighted by Gasteiger charge is 2.15. The molecular weight excluding hydrogens is 655 g/mol. The van der Waals surface area contributed by atoms with E-state index in [4.69, 9.17) is 24.7 Å². The number of aryl methyl sites for hydroxylation is 2. The molecule has 12 heteroatoms. The molecule has 0 aliphatic rings. The molecule has 4 aromatic heterocycles. The van der Waals surface area contributed by atoms with E-state index in [1.807, 2.05) is 85.2 Å². The van der Waals surface area contributed by atoms with Gasteiger partial charge in [-0.15, -0.1) is 11.3 Å². The molecule has 2 aromatic carbocycles. The molecule has 0 aliphatic heterocycles. The van der Waals surface area contributed by atoms with Gasteiger partial charge in [-0.05, 0) is 83.4 Å². The van der Waals surface area contributed by atoms with Crippen molar-refractivity contribution in [2.24, 2.45) is 0 Å². The highest BCUT2D eigenvalue weighted by molar-refractivity contribution is 7.17. The van der Waals surface area contributed by atoms with E-state index >= 15 is 0 Å². The predicted molar refractivity (Wildman–Crippen MR) is 195 cm³/mol. The molecule has 258 valence electrons. The van der Waals surface area contributed by atoms with E-state index in [1.54, 1.807) is 11.3 Å². The molecule has 0 atom stereocenters. The summed E-state index contributed by atoms with van der Waals surface area (Å²) < 4.78 is 15.3. The maximum Gasteiger partial charge on any atom is 0.517 e. The van der Waals surface area contributed by atoms with Crippen molar-refractivity contribution in [3.63, 3.8) is 0 Å². The number of thiophene rings is 1. The number of benzene rings is 2. The maximum absolute atomic E-state index is 11.6. The second kappa shape index (κ2) is 16.2. The van der Waals surface area contributed by atoms with Gasteiger partial charge in [-0.25, -0.2) is 9.97 Å². The number of carboxylic acids is 1. The zero-order valence-corrected chi connectivity index (χ0v) is 28.6. The van der Waals surface area contributed by atoms with Crippen molar-refractivity contribution in [1.82, 2.24) is 9.55 Å². The fourth-order valence-electron chi connectivity index (χ4n) is 5.87. The standard InChI is InChI=1S/C38H39N5O6S/c1-39-35-6-2-4-27(41-35)15-18-48-30-10-12-33-26(21-30)20-29(43(33)17-14-38(46)47)23-40-36-7-3-5-28(42-36)16-19-49-31-9-11-32-25(8-13-37(44)45)24-50-34(32)22-31/h2-7,9-12,20-22,24H,8,13-19,23H2,1H3,(H,39,41)(H,40,42)(H,44,45)(H,46,47)/p+2. The Morgan fingerprint density at radius 3 is 2.56 bits per heavy atom. The average Bonchev–Trinajstić information content (AvgIpc) is 3.69. The third-order valence-electron chi connectivity index (χ3n) is 8.41. The number of carbonyl (C=O) groups excluding carboxylic acids is 1. The van der Waals surface area contributed by atoms with Gasteiger partial charge in [0, 0.05) is 63.7 Å². The van der Waals surface area contributed by atoms with Gasteiger partial charge in [0.05, 0.1) is 26.8 Å². The molecule has 0 saturated carbocycles. The molecule has 11 nitrogen and oxygen atoms in total. The van der Waals surface area contributed by atoms with Crippen molar-refractivity contribution < 1.29 is 34.3 Å². The Morgan fingerprint density at radius 1 is 0.940 bits per heavy atom. The minimum absolute atomic E-state index is 0.116. The number of aliphatic carboxylic acids is 1. The van der Waals surface area contributed by atoms with Gasteiger partial charge in [-0.2, -0.15) is 0 Å². The van der Waals surface area contributed by atoms with E-state index < -0.39 is 11.9 Å². The number of pyridine rings is 2. The molecule has 0 saturated heterocycles. The lowest BCUT2D eigenvalue weighted by atomic mass is 10.1. The topological polar surface area (TPSA) is 152 Å². The number of H-pyrrole nitrogens is 1. The maximum atomic E-state index is 11.6. The number of fused-ring (bicyclic) bond motifs is 2. The van der Waals surface area contributed by atoms with Crippen molar-refractivity contribution in [1.29, 1.82) is 0 Å². The SMILES string of the molecule is CNc1cccc(CCOc2ccc3c(c2)cc(CNc2cccc(CCOc4ccc5c(CCC(=O)O)csc5c4)n2)n3CCC(=O)[OH2+])[nH+]1. The number of nitrogens with zero attached hydrogens (tertiary/aromatic N) is 2. The number of aromatic amines is 1. The Labute approximate surface area is 293 Å². The summed E-state index contributed by atoms with van der Waals surface area (Å²) in [6.45, 7) is 1.87. The van der Waals surface area contributed by atoms with E-state index in [2.05, 4.69) is 26.3 Å². The van der Waals surface area contributed by atoms with Crippen LogP contribution >= 0.6 is 11.3 Å². The molecule has 0 amide bonds. The van der Waals surface area contributed by atoms with Crippen LogP contribution in [-0.2, 0) is 41.9 Å². The first-order chi connectivity index (χ1) is 24.3. The molecule has 50 heavy (non-hydrogen) atoms. The van der Waals surface area contributed by atoms with Gasteiger partial charge in [0.1, 0.15) is 29.4 Å². The van der Waals surface area contributed by atoms with Crippen molar-refractivity contribution >= 4 is 55.9 Å². The number of hydrogen-bond acceptors (Lipinski definition) is 8. The monoisotopic (exact) mass is 695 g/mol. The van der Waals surface area contributed by atoms with Crippen LogP contribution in [0, 0.1) is 0 Å². The Hall–Kier alpha value is -5.62. The second-order valence-electron chi connectivity index (χ2n) is 11.9. The van der Waals surface area contributed by atoms with E-state index in [0.29, 0.717) is 39.1 Å². The summed E-state index contributed by atoms with van der Waals surface area (Å²) in [7, 11) is 1.88. The van der Waals surface area contributed by atoms with Crippen LogP contribution in [0.15, 0.2) is 84.2 Å². The molecule has 6 rings (SSSR count). The molecule has 6 N–H and O–H groups in total. The Balaban J connectivity index is 1.06. The van der Waals surface area contributed by atoms with Gasteiger partial charge in [0.15, 0.2) is 0 Å². The van der Waals surface area contributed by atoms with E-state index in [0.717, 1.165) is 73.2 Å². The first-order valence-electron chi connectivity index (χ1n) is 16.6. The lowest BCUT2D eigenvalue weighted by molar-refractivity contribution is -0.373. The summed E-state index contributed by atoms with van der Waals surface area (Å²) in [5, 5.41) is 27.1. The van der Waals surface area contributed by atoms with Crippen LogP contribution in [0.2, 0.25) is 0 Å². The Bertz CT molecular complexity index is 2110. The van der Waals surface area contributed by atoms with Crippen LogP contribution in [0.3, 0.4) is 0 Å². The van der Waals surface area contributed by atoms with Crippen LogP contribution in [0.4, 0.5) is 11.6 Å². The number of nitrogens with one attached hydrogen (secondary N) is 3. The fraction of sp³-hybridized carbons (Fsp3) is 0.263. The summed E-state index contributed by atoms with van der Waals surface area (Å²) >= 11 is 1.60. The fourth-order valence-corrected chi connectivity index (χ4v) is 6.89. The summed E-state index contributed by atoms with van der Waals surface area (Å²) in [5.41, 5.74) is 4.96. The number of rotatable bonds is 18. The Kier molecular flexibility index (Phi) is 11.1. The zero-order valence-electron chi connectivity index (χ0n) is 27.8. The van der Waals surface area contributed by atoms with Gasteiger partial charge in [-0.3, -0.25) is 10.1 Å². The lowest BCUT2D eigenvalue weighted by Crippen LogP contribution is -2.18. The summed E-state index contributed by atoms with van der Waals surface area (Å²) in [6, 6.07) is 25.9. The second-order valence-corrected chi connectivity index (χ2v) is 12.8. The molecule has 0 aliphatic carbocycles. The van der Waals surface area contributed by atoms with E-state index in [1.165, 1.54) is 0 Å². The van der Waals surface area contributed by atoms with E-state index in [-0.39, 0.29) is 12.8 Å². The summed E-state index contributed by atoms with van der Waals surface area (Å²) in [5.74, 6) is 1.82. The van der Waals surface area contributed by atoms with E-state index in [9.17, 15) is 9.59 Å². The van der Waals surface area contributed by atoms with Crippen molar-refractivity contribution in [3.05, 3.63) is 107 Å². The van der Waals surface area contributed by atoms with Crippen LogP contribution in [0.1, 0.15) is 35.5 Å². The number of anilines is 2. The largest absolute Gasteiger partial charge is 0.565 e. The predicted octanol–water partition coefficient (Wildman–Crippen LogP) is 5.62. The number of hydrogen-bond donors (Lipinski definition) is 3. The van der Waals surface area contributed by atoms with Gasteiger partial charge < -0.3 is 29.6 Å². The number of aromatic nitrogens is 3. The minimum atomic E-state index is -0.795. The number of ether oxygens (including phenoxy) is 2. The molecule has 0 fully saturated rings. The minimum Gasteiger partial charge on any atom is -0.565 e. The highest BCUT2D eigenvalue weighted by Crippen LogP contribution is 2.31.